The predicted octanol–water partition coefficient (Wildman–Crippen LogP) is 4.14. The van der Waals surface area contributed by atoms with E-state index in [4.69, 9.17) is 4.98 Å². The number of amides is 1. The second-order valence-electron chi connectivity index (χ2n) is 6.68. The molecule has 1 atom stereocenters. The van der Waals surface area contributed by atoms with E-state index in [1.165, 1.54) is 11.8 Å². The molecule has 6 nitrogen and oxygen atoms in total. The third-order valence-corrected chi connectivity index (χ3v) is 5.46. The Balaban J connectivity index is 1.51. The molecular weight excluding hydrogens is 370 g/mol. The average molecular weight is 389 g/mol. The molecule has 0 aliphatic heterocycles. The molecule has 1 aromatic heterocycles. The lowest BCUT2D eigenvalue weighted by atomic mass is 10.2. The number of benzene rings is 2. The topological polar surface area (TPSA) is 83.6 Å². The minimum Gasteiger partial charge on any atom is -0.324 e. The van der Waals surface area contributed by atoms with Crippen molar-refractivity contribution in [2.45, 2.75) is 36.1 Å². The van der Waals surface area contributed by atoms with E-state index in [1.807, 2.05) is 41.9 Å². The Morgan fingerprint density at radius 2 is 1.93 bits per heavy atom. The number of nitrogens with zero attached hydrogens (tertiary/aromatic N) is 4. The van der Waals surface area contributed by atoms with Gasteiger partial charge in [-0.3, -0.25) is 4.79 Å². The lowest BCUT2D eigenvalue weighted by molar-refractivity contribution is -0.115. The van der Waals surface area contributed by atoms with Gasteiger partial charge in [-0.15, -0.1) is 5.10 Å². The Morgan fingerprint density at radius 3 is 2.64 bits per heavy atom. The van der Waals surface area contributed by atoms with E-state index in [1.54, 1.807) is 24.3 Å². The zero-order valence-electron chi connectivity index (χ0n) is 15.4. The van der Waals surface area contributed by atoms with Gasteiger partial charge in [0.1, 0.15) is 11.9 Å². The first-order valence-electron chi connectivity index (χ1n) is 9.14. The number of anilines is 1. The van der Waals surface area contributed by atoms with Crippen molar-refractivity contribution in [3.05, 3.63) is 66.0 Å². The van der Waals surface area contributed by atoms with Gasteiger partial charge in [-0.25, -0.2) is 9.67 Å². The minimum absolute atomic E-state index is 0.184. The summed E-state index contributed by atoms with van der Waals surface area (Å²) in [4.78, 5) is 17.3. The maximum absolute atomic E-state index is 12.6. The normalized spacial score (nSPS) is 14.3. The third kappa shape index (κ3) is 3.92. The molecule has 0 saturated heterocycles. The summed E-state index contributed by atoms with van der Waals surface area (Å²) < 4.78 is 1.88. The minimum atomic E-state index is -0.398. The molecule has 0 spiro atoms. The first-order valence-corrected chi connectivity index (χ1v) is 10.0. The number of rotatable bonds is 6. The van der Waals surface area contributed by atoms with E-state index in [0.717, 1.165) is 24.4 Å². The molecule has 1 saturated carbocycles. The van der Waals surface area contributed by atoms with Crippen molar-refractivity contribution >= 4 is 23.4 Å². The quantitative estimate of drug-likeness (QED) is 0.641. The monoisotopic (exact) mass is 389 g/mol. The number of carbonyl (C=O) groups excluding carboxylic acids is 1. The van der Waals surface area contributed by atoms with E-state index in [-0.39, 0.29) is 5.91 Å². The average Bonchev–Trinajstić information content (AvgIpc) is 3.49. The summed E-state index contributed by atoms with van der Waals surface area (Å²) in [7, 11) is 0. The highest BCUT2D eigenvalue weighted by atomic mass is 32.2. The van der Waals surface area contributed by atoms with Gasteiger partial charge in [-0.05, 0) is 44.0 Å². The molecule has 0 radical (unpaired) electrons. The lowest BCUT2D eigenvalue weighted by Crippen LogP contribution is -2.23. The Morgan fingerprint density at radius 1 is 1.21 bits per heavy atom. The number of nitrogens with one attached hydrogen (secondary N) is 1. The highest BCUT2D eigenvalue weighted by molar-refractivity contribution is 8.00. The van der Waals surface area contributed by atoms with Crippen molar-refractivity contribution in [1.29, 1.82) is 5.26 Å². The molecule has 2 aromatic carbocycles. The van der Waals surface area contributed by atoms with Crippen LogP contribution in [0.3, 0.4) is 0 Å². The van der Waals surface area contributed by atoms with Crippen LogP contribution in [0, 0.1) is 11.3 Å². The van der Waals surface area contributed by atoms with Crippen LogP contribution in [0.15, 0.2) is 59.8 Å². The van der Waals surface area contributed by atoms with E-state index in [9.17, 15) is 10.1 Å². The second-order valence-corrected chi connectivity index (χ2v) is 7.99. The van der Waals surface area contributed by atoms with Crippen LogP contribution >= 0.6 is 11.8 Å². The van der Waals surface area contributed by atoms with Crippen molar-refractivity contribution < 1.29 is 4.79 Å². The summed E-state index contributed by atoms with van der Waals surface area (Å²) in [6, 6.07) is 19.0. The van der Waals surface area contributed by atoms with Gasteiger partial charge in [-0.1, -0.05) is 42.1 Å². The highest BCUT2D eigenvalue weighted by Crippen LogP contribution is 2.40. The zero-order valence-corrected chi connectivity index (χ0v) is 16.2. The molecular formula is C21H19N5OS. The molecule has 1 amide bonds. The van der Waals surface area contributed by atoms with Crippen LogP contribution in [0.25, 0.3) is 5.69 Å². The van der Waals surface area contributed by atoms with E-state index < -0.39 is 5.25 Å². The molecule has 3 aromatic rings. The fraction of sp³-hybridized carbons (Fsp3) is 0.238. The Labute approximate surface area is 167 Å². The molecule has 1 N–H and O–H groups in total. The first-order chi connectivity index (χ1) is 13.7. The zero-order chi connectivity index (χ0) is 19.5. The standard InChI is InChI=1S/C21H19N5OS/c1-14(20(27)23-18-10-6-5-7-16(18)13-22)28-21-24-19(15-11-12-15)26(25-21)17-8-3-2-4-9-17/h2-10,14-15H,11-12H2,1H3,(H,23,27). The van der Waals surface area contributed by atoms with Crippen LogP contribution in [0.4, 0.5) is 5.69 Å². The highest BCUT2D eigenvalue weighted by Gasteiger charge is 2.31. The Kier molecular flexibility index (Phi) is 5.13. The maximum atomic E-state index is 12.6. The summed E-state index contributed by atoms with van der Waals surface area (Å²) in [5, 5.41) is 16.8. The van der Waals surface area contributed by atoms with Gasteiger partial charge in [0, 0.05) is 5.92 Å². The number of carbonyl (C=O) groups is 1. The van der Waals surface area contributed by atoms with Crippen LogP contribution in [-0.4, -0.2) is 25.9 Å². The predicted molar refractivity (Wildman–Crippen MR) is 108 cm³/mol. The Hall–Kier alpha value is -3.11. The van der Waals surface area contributed by atoms with E-state index in [0.29, 0.717) is 22.3 Å². The molecule has 7 heteroatoms. The fourth-order valence-corrected chi connectivity index (χ4v) is 3.61. The van der Waals surface area contributed by atoms with Crippen LogP contribution in [0.1, 0.15) is 37.1 Å². The van der Waals surface area contributed by atoms with Gasteiger partial charge < -0.3 is 5.32 Å². The summed E-state index contributed by atoms with van der Waals surface area (Å²) in [5.74, 6) is 1.21. The lowest BCUT2D eigenvalue weighted by Gasteiger charge is -2.11. The smallest absolute Gasteiger partial charge is 0.237 e. The molecule has 1 fully saturated rings. The molecule has 1 aliphatic rings. The van der Waals surface area contributed by atoms with Crippen LogP contribution in [-0.2, 0) is 4.79 Å². The van der Waals surface area contributed by atoms with Crippen LogP contribution in [0.2, 0.25) is 0 Å². The van der Waals surface area contributed by atoms with E-state index in [2.05, 4.69) is 16.5 Å². The van der Waals surface area contributed by atoms with Crippen molar-refractivity contribution in [2.24, 2.45) is 0 Å². The van der Waals surface area contributed by atoms with E-state index >= 15 is 0 Å². The van der Waals surface area contributed by atoms with Gasteiger partial charge >= 0.3 is 0 Å². The number of hydrogen-bond acceptors (Lipinski definition) is 5. The molecule has 1 unspecified atom stereocenters. The van der Waals surface area contributed by atoms with Crippen LogP contribution < -0.4 is 5.32 Å². The molecule has 0 bridgehead atoms. The van der Waals surface area contributed by atoms with Gasteiger partial charge in [0.05, 0.1) is 22.2 Å². The molecule has 1 heterocycles. The number of nitriles is 1. The van der Waals surface area contributed by atoms with Crippen molar-refractivity contribution in [2.75, 3.05) is 5.32 Å². The fourth-order valence-electron chi connectivity index (χ4n) is 2.85. The van der Waals surface area contributed by atoms with Gasteiger partial charge in [-0.2, -0.15) is 5.26 Å². The molecule has 1 aliphatic carbocycles. The molecule has 140 valence electrons. The summed E-state index contributed by atoms with van der Waals surface area (Å²) in [6.45, 7) is 1.81. The largest absolute Gasteiger partial charge is 0.324 e. The van der Waals surface area contributed by atoms with Gasteiger partial charge in [0.15, 0.2) is 0 Å². The van der Waals surface area contributed by atoms with Gasteiger partial charge in [0.2, 0.25) is 11.1 Å². The Bertz CT molecular complexity index is 1040. The second kappa shape index (κ2) is 7.87. The van der Waals surface area contributed by atoms with Gasteiger partial charge in [0.25, 0.3) is 0 Å². The van der Waals surface area contributed by atoms with Crippen molar-refractivity contribution in [1.82, 2.24) is 14.8 Å². The summed E-state index contributed by atoms with van der Waals surface area (Å²) in [6.07, 6.45) is 2.24. The number of para-hydroxylation sites is 2. The third-order valence-electron chi connectivity index (χ3n) is 4.51. The first kappa shape index (κ1) is 18.3. The van der Waals surface area contributed by atoms with Crippen molar-refractivity contribution in [3.8, 4) is 11.8 Å². The summed E-state index contributed by atoms with van der Waals surface area (Å²) >= 11 is 1.32. The maximum Gasteiger partial charge on any atom is 0.237 e. The number of aromatic nitrogens is 3. The van der Waals surface area contributed by atoms with Crippen LogP contribution in [0.5, 0.6) is 0 Å². The SMILES string of the molecule is CC(Sc1nc(C2CC2)n(-c2ccccc2)n1)C(=O)Nc1ccccc1C#N. The molecule has 28 heavy (non-hydrogen) atoms. The molecule has 4 rings (SSSR count). The number of hydrogen-bond donors (Lipinski definition) is 1. The van der Waals surface area contributed by atoms with Crippen molar-refractivity contribution in [3.63, 3.8) is 0 Å². The summed E-state index contributed by atoms with van der Waals surface area (Å²) in [5.41, 5.74) is 1.93. The number of thioether (sulfide) groups is 1.